The van der Waals surface area contributed by atoms with Crippen molar-refractivity contribution >= 4 is 17.6 Å². The molecule has 0 aliphatic carbocycles. The summed E-state index contributed by atoms with van der Waals surface area (Å²) in [5.41, 5.74) is 2.69. The van der Waals surface area contributed by atoms with E-state index in [9.17, 15) is 9.59 Å². The van der Waals surface area contributed by atoms with Crippen molar-refractivity contribution in [3.63, 3.8) is 0 Å². The average molecular weight is 362 g/mol. The predicted molar refractivity (Wildman–Crippen MR) is 99.9 cm³/mol. The van der Waals surface area contributed by atoms with Gasteiger partial charge in [0.05, 0.1) is 30.4 Å². The number of hydrogen-bond donors (Lipinski definition) is 3. The van der Waals surface area contributed by atoms with Gasteiger partial charge in [-0.2, -0.15) is 5.26 Å². The fourth-order valence-electron chi connectivity index (χ4n) is 2.87. The lowest BCUT2D eigenvalue weighted by molar-refractivity contribution is -0.113. The Bertz CT molecular complexity index is 941. The molecule has 1 unspecified atom stereocenters. The Balaban J connectivity index is 1.90. The summed E-state index contributed by atoms with van der Waals surface area (Å²) < 4.78 is 5.11. The second kappa shape index (κ2) is 7.62. The number of nitrogens with one attached hydrogen (secondary N) is 3. The summed E-state index contributed by atoms with van der Waals surface area (Å²) in [5.74, 6) is 0.352. The van der Waals surface area contributed by atoms with Gasteiger partial charge < -0.3 is 20.7 Å². The largest absolute Gasteiger partial charge is 0.497 e. The second-order valence-electron chi connectivity index (χ2n) is 5.99. The zero-order chi connectivity index (χ0) is 19.4. The van der Waals surface area contributed by atoms with Gasteiger partial charge in [0.15, 0.2) is 0 Å². The highest BCUT2D eigenvalue weighted by atomic mass is 16.5. The number of anilines is 1. The molecule has 0 aromatic heterocycles. The Labute approximate surface area is 156 Å². The van der Waals surface area contributed by atoms with Crippen molar-refractivity contribution in [2.45, 2.75) is 13.0 Å². The van der Waals surface area contributed by atoms with Crippen LogP contribution in [0.3, 0.4) is 0 Å². The van der Waals surface area contributed by atoms with Crippen LogP contribution in [0.15, 0.2) is 59.8 Å². The molecule has 0 saturated heterocycles. The molecule has 2 aromatic rings. The molecule has 1 aliphatic rings. The maximum Gasteiger partial charge on any atom is 0.319 e. The number of benzene rings is 2. The normalized spacial score (nSPS) is 16.0. The van der Waals surface area contributed by atoms with Crippen molar-refractivity contribution in [2.24, 2.45) is 0 Å². The molecule has 136 valence electrons. The Hall–Kier alpha value is -3.79. The Morgan fingerprint density at radius 3 is 2.41 bits per heavy atom. The van der Waals surface area contributed by atoms with Crippen molar-refractivity contribution in [3.8, 4) is 11.8 Å². The standard InChI is InChI=1S/C20H18N4O3/c1-12-17(19(25)23-15-7-9-16(27-2)10-8-15)18(24-20(26)22-12)14-5-3-13(11-21)4-6-14/h3-10,18H,1-2H3,(H,23,25)(H2,22,24,26). The Kier molecular flexibility index (Phi) is 5.08. The van der Waals surface area contributed by atoms with Gasteiger partial charge in [0.2, 0.25) is 0 Å². The number of carbonyl (C=O) groups excluding carboxylic acids is 2. The molecule has 0 fully saturated rings. The Morgan fingerprint density at radius 1 is 1.15 bits per heavy atom. The summed E-state index contributed by atoms with van der Waals surface area (Å²) in [7, 11) is 1.57. The number of urea groups is 1. The van der Waals surface area contributed by atoms with Crippen molar-refractivity contribution in [1.29, 1.82) is 5.26 Å². The quantitative estimate of drug-likeness (QED) is 0.778. The van der Waals surface area contributed by atoms with Gasteiger partial charge in [-0.05, 0) is 48.9 Å². The van der Waals surface area contributed by atoms with Crippen molar-refractivity contribution in [1.82, 2.24) is 10.6 Å². The van der Waals surface area contributed by atoms with Crippen molar-refractivity contribution in [2.75, 3.05) is 12.4 Å². The summed E-state index contributed by atoms with van der Waals surface area (Å²) in [4.78, 5) is 24.8. The van der Waals surface area contributed by atoms with Crippen LogP contribution in [0.5, 0.6) is 5.75 Å². The molecule has 0 bridgehead atoms. The lowest BCUT2D eigenvalue weighted by Gasteiger charge is -2.28. The molecule has 27 heavy (non-hydrogen) atoms. The number of nitriles is 1. The molecule has 1 atom stereocenters. The number of amides is 3. The fourth-order valence-corrected chi connectivity index (χ4v) is 2.87. The lowest BCUT2D eigenvalue weighted by atomic mass is 9.94. The first-order valence-corrected chi connectivity index (χ1v) is 8.25. The van der Waals surface area contributed by atoms with Gasteiger partial charge in [-0.25, -0.2) is 4.79 Å². The van der Waals surface area contributed by atoms with E-state index in [1.807, 2.05) is 6.07 Å². The predicted octanol–water partition coefficient (Wildman–Crippen LogP) is 2.83. The van der Waals surface area contributed by atoms with Crippen molar-refractivity contribution in [3.05, 3.63) is 70.9 Å². The summed E-state index contributed by atoms with van der Waals surface area (Å²) in [5, 5.41) is 17.2. The average Bonchev–Trinajstić information content (AvgIpc) is 2.68. The molecule has 1 aliphatic heterocycles. The molecule has 0 spiro atoms. The van der Waals surface area contributed by atoms with Crippen LogP contribution in [-0.2, 0) is 4.79 Å². The zero-order valence-electron chi connectivity index (χ0n) is 14.9. The SMILES string of the molecule is COc1ccc(NC(=O)C2=C(C)NC(=O)NC2c2ccc(C#N)cc2)cc1. The van der Waals surface area contributed by atoms with Crippen LogP contribution in [0.25, 0.3) is 0 Å². The first-order valence-electron chi connectivity index (χ1n) is 8.25. The number of carbonyl (C=O) groups is 2. The third-order valence-corrected chi connectivity index (χ3v) is 4.23. The van der Waals surface area contributed by atoms with Crippen LogP contribution in [0, 0.1) is 11.3 Å². The van der Waals surface area contributed by atoms with Crippen LogP contribution in [0.2, 0.25) is 0 Å². The van der Waals surface area contributed by atoms with Crippen LogP contribution < -0.4 is 20.7 Å². The first kappa shape index (κ1) is 18.0. The summed E-state index contributed by atoms with van der Waals surface area (Å²) in [6, 6.07) is 14.8. The molecular weight excluding hydrogens is 344 g/mol. The minimum absolute atomic E-state index is 0.334. The molecule has 0 saturated carbocycles. The third kappa shape index (κ3) is 3.90. The number of allylic oxidation sites excluding steroid dienone is 1. The van der Waals surface area contributed by atoms with Crippen molar-refractivity contribution < 1.29 is 14.3 Å². The molecule has 3 amide bonds. The smallest absolute Gasteiger partial charge is 0.319 e. The molecule has 3 rings (SSSR count). The van der Waals surface area contributed by atoms with E-state index in [4.69, 9.17) is 10.00 Å². The highest BCUT2D eigenvalue weighted by molar-refractivity contribution is 6.06. The van der Waals surface area contributed by atoms with E-state index in [1.165, 1.54) is 0 Å². The molecule has 3 N–H and O–H groups in total. The maximum atomic E-state index is 12.9. The summed E-state index contributed by atoms with van der Waals surface area (Å²) in [6.45, 7) is 1.68. The van der Waals surface area contributed by atoms with Crippen LogP contribution >= 0.6 is 0 Å². The van der Waals surface area contributed by atoms with E-state index in [2.05, 4.69) is 16.0 Å². The molecule has 1 heterocycles. The van der Waals surface area contributed by atoms with Crippen LogP contribution in [0.1, 0.15) is 24.1 Å². The van der Waals surface area contributed by atoms with Gasteiger partial charge in [-0.1, -0.05) is 12.1 Å². The highest BCUT2D eigenvalue weighted by Gasteiger charge is 2.31. The van der Waals surface area contributed by atoms with Crippen LogP contribution in [-0.4, -0.2) is 19.0 Å². The van der Waals surface area contributed by atoms with Gasteiger partial charge in [0.1, 0.15) is 5.75 Å². The second-order valence-corrected chi connectivity index (χ2v) is 5.99. The number of methoxy groups -OCH3 is 1. The van der Waals surface area contributed by atoms with Gasteiger partial charge in [-0.3, -0.25) is 4.79 Å². The minimum Gasteiger partial charge on any atom is -0.497 e. The van der Waals surface area contributed by atoms with Gasteiger partial charge in [0.25, 0.3) is 5.91 Å². The van der Waals surface area contributed by atoms with E-state index in [-0.39, 0.29) is 11.9 Å². The van der Waals surface area contributed by atoms with Gasteiger partial charge in [0, 0.05) is 11.4 Å². The van der Waals surface area contributed by atoms with E-state index in [0.29, 0.717) is 33.8 Å². The fraction of sp³-hybridized carbons (Fsp3) is 0.150. The van der Waals surface area contributed by atoms with E-state index >= 15 is 0 Å². The monoisotopic (exact) mass is 362 g/mol. The van der Waals surface area contributed by atoms with E-state index in [1.54, 1.807) is 62.6 Å². The number of hydrogen-bond acceptors (Lipinski definition) is 4. The first-order chi connectivity index (χ1) is 13.0. The molecule has 7 nitrogen and oxygen atoms in total. The molecule has 7 heteroatoms. The number of rotatable bonds is 4. The Morgan fingerprint density at radius 2 is 1.81 bits per heavy atom. The van der Waals surface area contributed by atoms with E-state index in [0.717, 1.165) is 0 Å². The molecule has 0 radical (unpaired) electrons. The number of ether oxygens (including phenoxy) is 1. The number of nitrogens with zero attached hydrogens (tertiary/aromatic N) is 1. The maximum absolute atomic E-state index is 12.9. The van der Waals surface area contributed by atoms with Gasteiger partial charge >= 0.3 is 6.03 Å². The summed E-state index contributed by atoms with van der Waals surface area (Å²) >= 11 is 0. The molecule has 2 aromatic carbocycles. The topological polar surface area (TPSA) is 103 Å². The third-order valence-electron chi connectivity index (χ3n) is 4.23. The minimum atomic E-state index is -0.621. The van der Waals surface area contributed by atoms with E-state index < -0.39 is 6.04 Å². The zero-order valence-corrected chi connectivity index (χ0v) is 14.9. The molecular formula is C20H18N4O3. The van der Waals surface area contributed by atoms with Crippen LogP contribution in [0.4, 0.5) is 10.5 Å². The lowest BCUT2D eigenvalue weighted by Crippen LogP contribution is -2.45. The summed E-state index contributed by atoms with van der Waals surface area (Å²) in [6.07, 6.45) is 0. The highest BCUT2D eigenvalue weighted by Crippen LogP contribution is 2.28. The van der Waals surface area contributed by atoms with Gasteiger partial charge in [-0.15, -0.1) is 0 Å².